The molecule has 1 amide bonds. The van der Waals surface area contributed by atoms with E-state index in [9.17, 15) is 14.4 Å². The summed E-state index contributed by atoms with van der Waals surface area (Å²) in [6, 6.07) is 5.27. The molecule has 0 radical (unpaired) electrons. The van der Waals surface area contributed by atoms with E-state index >= 15 is 0 Å². The van der Waals surface area contributed by atoms with Crippen molar-refractivity contribution in [3.63, 3.8) is 0 Å². The molecule has 1 aliphatic rings. The Kier molecular flexibility index (Phi) is 3.50. The van der Waals surface area contributed by atoms with Crippen molar-refractivity contribution in [1.82, 2.24) is 0 Å². The molecule has 1 aromatic carbocycles. The molecule has 1 aliphatic heterocycles. The first-order chi connectivity index (χ1) is 9.04. The number of rotatable bonds is 3. The van der Waals surface area contributed by atoms with Crippen LogP contribution >= 0.6 is 0 Å². The number of carbonyl (C=O) groups is 3. The molecule has 1 atom stereocenters. The number of anilines is 1. The molecule has 6 nitrogen and oxygen atoms in total. The first-order valence-corrected chi connectivity index (χ1v) is 5.78. The van der Waals surface area contributed by atoms with Crippen molar-refractivity contribution in [1.29, 1.82) is 0 Å². The summed E-state index contributed by atoms with van der Waals surface area (Å²) in [6.07, 6.45) is 0.517. The Morgan fingerprint density at radius 3 is 2.47 bits per heavy atom. The molecule has 0 aromatic heterocycles. The molecule has 19 heavy (non-hydrogen) atoms. The number of esters is 1. The van der Waals surface area contributed by atoms with E-state index in [2.05, 4.69) is 4.74 Å². The summed E-state index contributed by atoms with van der Waals surface area (Å²) < 4.78 is 4.57. The van der Waals surface area contributed by atoms with Crippen LogP contribution in [0.1, 0.15) is 23.2 Å². The van der Waals surface area contributed by atoms with Crippen LogP contribution < -0.4 is 4.90 Å². The van der Waals surface area contributed by atoms with Crippen LogP contribution in [0.15, 0.2) is 24.3 Å². The van der Waals surface area contributed by atoms with Crippen LogP contribution in [0.3, 0.4) is 0 Å². The van der Waals surface area contributed by atoms with Gasteiger partial charge in [-0.15, -0.1) is 0 Å². The number of benzene rings is 1. The summed E-state index contributed by atoms with van der Waals surface area (Å²) >= 11 is 0. The summed E-state index contributed by atoms with van der Waals surface area (Å²) in [7, 11) is 1.28. The Balaban J connectivity index is 2.28. The lowest BCUT2D eigenvalue weighted by molar-refractivity contribution is -0.138. The Bertz CT molecular complexity index is 522. The van der Waals surface area contributed by atoms with E-state index in [0.717, 1.165) is 0 Å². The van der Waals surface area contributed by atoms with Gasteiger partial charge in [-0.25, -0.2) is 9.59 Å². The minimum Gasteiger partial charge on any atom is -0.480 e. The van der Waals surface area contributed by atoms with Gasteiger partial charge >= 0.3 is 11.9 Å². The predicted octanol–water partition coefficient (Wildman–Crippen LogP) is 1.05. The van der Waals surface area contributed by atoms with Gasteiger partial charge in [0.2, 0.25) is 5.91 Å². The van der Waals surface area contributed by atoms with Crippen molar-refractivity contribution in [2.24, 2.45) is 0 Å². The van der Waals surface area contributed by atoms with Crippen LogP contribution in [0.2, 0.25) is 0 Å². The molecule has 1 N–H and O–H groups in total. The van der Waals surface area contributed by atoms with Crippen LogP contribution in [0.4, 0.5) is 5.69 Å². The number of methoxy groups -OCH3 is 1. The number of carboxylic acid groups (broad SMARTS) is 1. The number of nitrogens with zero attached hydrogens (tertiary/aromatic N) is 1. The number of hydrogen-bond donors (Lipinski definition) is 1. The lowest BCUT2D eigenvalue weighted by atomic mass is 10.1. The zero-order valence-corrected chi connectivity index (χ0v) is 10.3. The quantitative estimate of drug-likeness (QED) is 0.824. The first kappa shape index (κ1) is 13.1. The van der Waals surface area contributed by atoms with Crippen LogP contribution in [0.5, 0.6) is 0 Å². The molecule has 1 fully saturated rings. The number of carbonyl (C=O) groups excluding carboxylic acids is 2. The number of ether oxygens (including phenoxy) is 1. The van der Waals surface area contributed by atoms with Crippen molar-refractivity contribution in [3.8, 4) is 0 Å². The average molecular weight is 263 g/mol. The van der Waals surface area contributed by atoms with Gasteiger partial charge in [0.25, 0.3) is 0 Å². The molecule has 1 heterocycles. The number of carboxylic acids is 1. The van der Waals surface area contributed by atoms with Gasteiger partial charge in [0, 0.05) is 12.1 Å². The minimum absolute atomic E-state index is 0.218. The maximum Gasteiger partial charge on any atom is 0.337 e. The topological polar surface area (TPSA) is 83.9 Å². The molecule has 1 aromatic rings. The molecule has 6 heteroatoms. The highest BCUT2D eigenvalue weighted by atomic mass is 16.5. The number of aliphatic carboxylic acids is 1. The summed E-state index contributed by atoms with van der Waals surface area (Å²) in [5.74, 6) is -1.73. The van der Waals surface area contributed by atoms with Crippen molar-refractivity contribution in [2.45, 2.75) is 18.9 Å². The van der Waals surface area contributed by atoms with E-state index in [1.54, 1.807) is 12.1 Å². The van der Waals surface area contributed by atoms with E-state index in [-0.39, 0.29) is 12.3 Å². The lowest BCUT2D eigenvalue weighted by Gasteiger charge is -2.21. The second-order valence-corrected chi connectivity index (χ2v) is 4.19. The predicted molar refractivity (Wildman–Crippen MR) is 65.9 cm³/mol. The Morgan fingerprint density at radius 2 is 1.95 bits per heavy atom. The maximum atomic E-state index is 11.7. The monoisotopic (exact) mass is 263 g/mol. The van der Waals surface area contributed by atoms with Crippen molar-refractivity contribution >= 4 is 23.5 Å². The van der Waals surface area contributed by atoms with Gasteiger partial charge in [-0.05, 0) is 30.7 Å². The fraction of sp³-hybridized carbons (Fsp3) is 0.308. The van der Waals surface area contributed by atoms with Gasteiger partial charge in [-0.1, -0.05) is 0 Å². The van der Waals surface area contributed by atoms with Crippen LogP contribution in [-0.2, 0) is 14.3 Å². The second kappa shape index (κ2) is 5.09. The summed E-state index contributed by atoms with van der Waals surface area (Å²) in [4.78, 5) is 35.4. The third-order valence-electron chi connectivity index (χ3n) is 3.06. The molecule has 1 saturated heterocycles. The smallest absolute Gasteiger partial charge is 0.337 e. The SMILES string of the molecule is COC(=O)c1ccc(N2C(=O)CCC2C(=O)O)cc1. The van der Waals surface area contributed by atoms with E-state index < -0.39 is 18.0 Å². The zero-order valence-electron chi connectivity index (χ0n) is 10.3. The van der Waals surface area contributed by atoms with Gasteiger partial charge in [-0.2, -0.15) is 0 Å². The van der Waals surface area contributed by atoms with Gasteiger partial charge in [-0.3, -0.25) is 9.69 Å². The minimum atomic E-state index is -1.03. The highest BCUT2D eigenvalue weighted by molar-refractivity contribution is 6.02. The molecule has 0 bridgehead atoms. The number of hydrogen-bond acceptors (Lipinski definition) is 4. The Morgan fingerprint density at radius 1 is 1.32 bits per heavy atom. The second-order valence-electron chi connectivity index (χ2n) is 4.19. The normalized spacial score (nSPS) is 18.5. The maximum absolute atomic E-state index is 11.7. The van der Waals surface area contributed by atoms with Crippen molar-refractivity contribution in [3.05, 3.63) is 29.8 Å². The summed E-state index contributed by atoms with van der Waals surface area (Å²) in [6.45, 7) is 0. The largest absolute Gasteiger partial charge is 0.480 e. The van der Waals surface area contributed by atoms with Crippen molar-refractivity contribution < 1.29 is 24.2 Å². The Labute approximate surface area is 109 Å². The first-order valence-electron chi connectivity index (χ1n) is 5.78. The third kappa shape index (κ3) is 2.42. The van der Waals surface area contributed by atoms with Crippen LogP contribution in [0, 0.1) is 0 Å². The third-order valence-corrected chi connectivity index (χ3v) is 3.06. The lowest BCUT2D eigenvalue weighted by Crippen LogP contribution is -2.38. The molecule has 0 aliphatic carbocycles. The van der Waals surface area contributed by atoms with Crippen LogP contribution in [-0.4, -0.2) is 36.1 Å². The standard InChI is InChI=1S/C13H13NO5/c1-19-13(18)8-2-4-9(5-3-8)14-10(12(16)17)6-7-11(14)15/h2-5,10H,6-7H2,1H3,(H,16,17). The summed E-state index contributed by atoms with van der Waals surface area (Å²) in [5, 5.41) is 9.08. The van der Waals surface area contributed by atoms with Gasteiger partial charge in [0.15, 0.2) is 0 Å². The highest BCUT2D eigenvalue weighted by Gasteiger charge is 2.36. The molecular weight excluding hydrogens is 250 g/mol. The Hall–Kier alpha value is -2.37. The van der Waals surface area contributed by atoms with E-state index in [4.69, 9.17) is 5.11 Å². The molecule has 0 spiro atoms. The zero-order chi connectivity index (χ0) is 14.0. The summed E-state index contributed by atoms with van der Waals surface area (Å²) in [5.41, 5.74) is 0.826. The van der Waals surface area contributed by atoms with Crippen molar-refractivity contribution in [2.75, 3.05) is 12.0 Å². The van der Waals surface area contributed by atoms with E-state index in [0.29, 0.717) is 17.7 Å². The molecule has 1 unspecified atom stereocenters. The average Bonchev–Trinajstić information content (AvgIpc) is 2.80. The molecule has 2 rings (SSSR count). The van der Waals surface area contributed by atoms with Gasteiger partial charge < -0.3 is 9.84 Å². The van der Waals surface area contributed by atoms with Gasteiger partial charge in [0.05, 0.1) is 12.7 Å². The fourth-order valence-electron chi connectivity index (χ4n) is 2.12. The van der Waals surface area contributed by atoms with E-state index in [1.165, 1.54) is 24.1 Å². The fourth-order valence-corrected chi connectivity index (χ4v) is 2.12. The molecule has 0 saturated carbocycles. The van der Waals surface area contributed by atoms with Crippen LogP contribution in [0.25, 0.3) is 0 Å². The van der Waals surface area contributed by atoms with Gasteiger partial charge in [0.1, 0.15) is 6.04 Å². The molecular formula is C13H13NO5. The highest BCUT2D eigenvalue weighted by Crippen LogP contribution is 2.27. The van der Waals surface area contributed by atoms with E-state index in [1.807, 2.05) is 0 Å². The molecule has 100 valence electrons. The number of amides is 1.